The summed E-state index contributed by atoms with van der Waals surface area (Å²) in [6.45, 7) is 1.74. The molecule has 0 aliphatic heterocycles. The quantitative estimate of drug-likeness (QED) is 0.296. The third-order valence-corrected chi connectivity index (χ3v) is 8.87. The second-order valence-electron chi connectivity index (χ2n) is 8.93. The number of halogens is 3. The van der Waals surface area contributed by atoms with E-state index in [1.165, 1.54) is 36.2 Å². The largest absolute Gasteiger partial charge is 0.354 e. The van der Waals surface area contributed by atoms with E-state index in [1.807, 2.05) is 37.3 Å². The number of amides is 2. The average molecular weight is 611 g/mol. The van der Waals surface area contributed by atoms with Crippen molar-refractivity contribution in [2.24, 2.45) is 0 Å². The number of hydrogen-bond donors (Lipinski definition) is 1. The minimum atomic E-state index is -4.02. The van der Waals surface area contributed by atoms with Crippen LogP contribution in [-0.2, 0) is 32.6 Å². The highest BCUT2D eigenvalue weighted by Gasteiger charge is 2.33. The molecule has 0 fully saturated rings. The summed E-state index contributed by atoms with van der Waals surface area (Å²) in [5.41, 5.74) is 1.29. The minimum absolute atomic E-state index is 0.00979. The van der Waals surface area contributed by atoms with Gasteiger partial charge in [-0.25, -0.2) is 8.42 Å². The molecule has 3 aromatic carbocycles. The number of rotatable bonds is 12. The maximum Gasteiger partial charge on any atom is 0.243 e. The molecular formula is C28H30Cl3N3O4S. The Morgan fingerprint density at radius 1 is 0.897 bits per heavy atom. The molecule has 0 radical (unpaired) electrons. The Labute approximate surface area is 244 Å². The van der Waals surface area contributed by atoms with Crippen molar-refractivity contribution in [2.75, 3.05) is 20.1 Å². The van der Waals surface area contributed by atoms with Crippen molar-refractivity contribution >= 4 is 56.6 Å². The maximum absolute atomic E-state index is 13.9. The van der Waals surface area contributed by atoms with Crippen molar-refractivity contribution < 1.29 is 18.0 Å². The number of benzene rings is 3. The summed E-state index contributed by atoms with van der Waals surface area (Å²) in [4.78, 5) is 28.6. The fourth-order valence-corrected chi connectivity index (χ4v) is 5.69. The zero-order valence-electron chi connectivity index (χ0n) is 21.6. The van der Waals surface area contributed by atoms with Gasteiger partial charge in [0, 0.05) is 47.2 Å². The molecule has 208 valence electrons. The number of sulfonamides is 1. The van der Waals surface area contributed by atoms with Crippen molar-refractivity contribution in [1.82, 2.24) is 14.5 Å². The highest BCUT2D eigenvalue weighted by molar-refractivity contribution is 7.89. The molecule has 0 aliphatic rings. The van der Waals surface area contributed by atoms with E-state index >= 15 is 0 Å². The third kappa shape index (κ3) is 8.19. The Balaban J connectivity index is 2.00. The van der Waals surface area contributed by atoms with Crippen LogP contribution in [-0.4, -0.2) is 55.6 Å². The lowest BCUT2D eigenvalue weighted by Gasteiger charge is -2.33. The molecule has 0 spiro atoms. The molecule has 3 rings (SSSR count). The Hall–Kier alpha value is -2.62. The number of carbonyl (C=O) groups is 2. The number of hydrogen-bond acceptors (Lipinski definition) is 4. The van der Waals surface area contributed by atoms with Gasteiger partial charge in [-0.2, -0.15) is 4.31 Å². The second-order valence-corrected chi connectivity index (χ2v) is 12.2. The molecule has 0 aromatic heterocycles. The summed E-state index contributed by atoms with van der Waals surface area (Å²) in [7, 11) is -2.71. The molecule has 3 aromatic rings. The molecule has 0 heterocycles. The van der Waals surface area contributed by atoms with Gasteiger partial charge in [0.15, 0.2) is 0 Å². The van der Waals surface area contributed by atoms with E-state index in [4.69, 9.17) is 34.8 Å². The summed E-state index contributed by atoms with van der Waals surface area (Å²) in [6.07, 6.45) is 0.911. The van der Waals surface area contributed by atoms with Crippen LogP contribution >= 0.6 is 34.8 Å². The second kappa shape index (κ2) is 14.1. The maximum atomic E-state index is 13.9. The normalized spacial score (nSPS) is 12.3. The van der Waals surface area contributed by atoms with Crippen LogP contribution in [0.5, 0.6) is 0 Å². The van der Waals surface area contributed by atoms with Crippen LogP contribution in [0.2, 0.25) is 15.1 Å². The Morgan fingerprint density at radius 3 is 2.10 bits per heavy atom. The molecule has 0 aliphatic carbocycles. The first-order valence-corrected chi connectivity index (χ1v) is 14.9. The summed E-state index contributed by atoms with van der Waals surface area (Å²) in [5, 5.41) is 3.92. The van der Waals surface area contributed by atoms with Gasteiger partial charge in [0.05, 0.1) is 11.4 Å². The van der Waals surface area contributed by atoms with E-state index in [9.17, 15) is 18.0 Å². The molecule has 0 saturated carbocycles. The molecule has 0 unspecified atom stereocenters. The van der Waals surface area contributed by atoms with E-state index in [-0.39, 0.29) is 23.8 Å². The highest BCUT2D eigenvalue weighted by atomic mass is 35.5. The van der Waals surface area contributed by atoms with Gasteiger partial charge >= 0.3 is 0 Å². The van der Waals surface area contributed by atoms with Gasteiger partial charge in [-0.05, 0) is 48.4 Å². The lowest BCUT2D eigenvalue weighted by atomic mass is 10.0. The molecule has 1 atom stereocenters. The van der Waals surface area contributed by atoms with Gasteiger partial charge in [-0.15, -0.1) is 0 Å². The van der Waals surface area contributed by atoms with E-state index in [0.29, 0.717) is 33.6 Å². The number of likely N-dealkylation sites (N-methyl/N-ethyl adjacent to an activating group) is 1. The molecule has 39 heavy (non-hydrogen) atoms. The predicted molar refractivity (Wildman–Crippen MR) is 156 cm³/mol. The molecular weight excluding hydrogens is 581 g/mol. The van der Waals surface area contributed by atoms with Gasteiger partial charge in [0.25, 0.3) is 0 Å². The zero-order chi connectivity index (χ0) is 28.6. The van der Waals surface area contributed by atoms with Gasteiger partial charge in [0.2, 0.25) is 21.8 Å². The smallest absolute Gasteiger partial charge is 0.243 e. The lowest BCUT2D eigenvalue weighted by Crippen LogP contribution is -2.53. The van der Waals surface area contributed by atoms with E-state index in [0.717, 1.165) is 9.87 Å². The first-order valence-electron chi connectivity index (χ1n) is 12.3. The number of nitrogens with one attached hydrogen (secondary N) is 1. The Bertz CT molecular complexity index is 1370. The van der Waals surface area contributed by atoms with Gasteiger partial charge in [-0.3, -0.25) is 9.59 Å². The number of nitrogens with zero attached hydrogens (tertiary/aromatic N) is 2. The van der Waals surface area contributed by atoms with Crippen LogP contribution in [0.15, 0.2) is 77.7 Å². The van der Waals surface area contributed by atoms with Gasteiger partial charge in [-0.1, -0.05) is 78.1 Å². The van der Waals surface area contributed by atoms with Gasteiger partial charge in [0.1, 0.15) is 6.04 Å². The highest BCUT2D eigenvalue weighted by Crippen LogP contribution is 2.27. The van der Waals surface area contributed by atoms with Crippen LogP contribution in [0.1, 0.15) is 24.5 Å². The van der Waals surface area contributed by atoms with Crippen molar-refractivity contribution in [1.29, 1.82) is 0 Å². The van der Waals surface area contributed by atoms with Crippen LogP contribution < -0.4 is 5.32 Å². The van der Waals surface area contributed by atoms with Crippen LogP contribution in [0.25, 0.3) is 0 Å². The van der Waals surface area contributed by atoms with Crippen LogP contribution in [0, 0.1) is 0 Å². The fourth-order valence-electron chi connectivity index (χ4n) is 3.93. The van der Waals surface area contributed by atoms with Crippen LogP contribution in [0.4, 0.5) is 0 Å². The Morgan fingerprint density at radius 2 is 1.51 bits per heavy atom. The first kappa shape index (κ1) is 30.9. The minimum Gasteiger partial charge on any atom is -0.354 e. The molecule has 7 nitrogen and oxygen atoms in total. The molecule has 2 amide bonds. The van der Waals surface area contributed by atoms with E-state index < -0.39 is 28.5 Å². The van der Waals surface area contributed by atoms with Crippen molar-refractivity contribution in [3.8, 4) is 0 Å². The fraction of sp³-hybridized carbons (Fsp3) is 0.286. The van der Waals surface area contributed by atoms with Crippen molar-refractivity contribution in [2.45, 2.75) is 37.2 Å². The topological polar surface area (TPSA) is 86.8 Å². The van der Waals surface area contributed by atoms with Crippen molar-refractivity contribution in [3.63, 3.8) is 0 Å². The summed E-state index contributed by atoms with van der Waals surface area (Å²) >= 11 is 18.8. The summed E-state index contributed by atoms with van der Waals surface area (Å²) in [5.74, 6) is -0.945. The summed E-state index contributed by atoms with van der Waals surface area (Å²) in [6, 6.07) is 19.0. The molecule has 1 N–H and O–H groups in total. The van der Waals surface area contributed by atoms with Gasteiger partial charge < -0.3 is 10.2 Å². The van der Waals surface area contributed by atoms with Crippen molar-refractivity contribution in [3.05, 3.63) is 99.0 Å². The number of carbonyl (C=O) groups excluding carboxylic acids is 2. The predicted octanol–water partition coefficient (Wildman–Crippen LogP) is 5.43. The standard InChI is InChI=1S/C28H30Cl3N3O4S/c1-3-16-32-28(36)26(17-20-8-5-4-6-9-20)34(18-23-24(30)10-7-11-25(23)31)27(35)19-33(2)39(37,38)22-14-12-21(29)13-15-22/h4-15,26H,3,16-19H2,1-2H3,(H,32,36)/t26-/m0/s1. The molecule has 0 bridgehead atoms. The van der Waals surface area contributed by atoms with Crippen LogP contribution in [0.3, 0.4) is 0 Å². The Kier molecular flexibility index (Phi) is 11.2. The summed E-state index contributed by atoms with van der Waals surface area (Å²) < 4.78 is 27.3. The zero-order valence-corrected chi connectivity index (χ0v) is 24.7. The lowest BCUT2D eigenvalue weighted by molar-refractivity contribution is -0.141. The average Bonchev–Trinajstić information content (AvgIpc) is 2.91. The molecule has 0 saturated heterocycles. The SMILES string of the molecule is CCCNC(=O)[C@H](Cc1ccccc1)N(Cc1c(Cl)cccc1Cl)C(=O)CN(C)S(=O)(=O)c1ccc(Cl)cc1. The van der Waals surface area contributed by atoms with E-state index in [2.05, 4.69) is 5.32 Å². The molecule has 11 heteroatoms. The van der Waals surface area contributed by atoms with E-state index in [1.54, 1.807) is 18.2 Å². The third-order valence-electron chi connectivity index (χ3n) is 6.09. The monoisotopic (exact) mass is 609 g/mol. The first-order chi connectivity index (χ1) is 18.5.